The molecule has 6 nitrogen and oxygen atoms in total. The third kappa shape index (κ3) is 4.50. The topological polar surface area (TPSA) is 68.7 Å². The number of ether oxygens (including phenoxy) is 2. The Kier molecular flexibility index (Phi) is 5.30. The van der Waals surface area contributed by atoms with Crippen LogP contribution >= 0.6 is 15.9 Å². The van der Waals surface area contributed by atoms with Crippen LogP contribution in [0.25, 0.3) is 0 Å². The first-order valence-electron chi connectivity index (χ1n) is 6.66. The van der Waals surface area contributed by atoms with Crippen LogP contribution in [0.2, 0.25) is 0 Å². The molecule has 0 bridgehead atoms. The summed E-state index contributed by atoms with van der Waals surface area (Å²) in [5.74, 6) is -0.778. The van der Waals surface area contributed by atoms with Crippen molar-refractivity contribution in [3.63, 3.8) is 0 Å². The highest BCUT2D eigenvalue weighted by Gasteiger charge is 2.26. The number of pyridine rings is 1. The molecule has 0 aromatic carbocycles. The van der Waals surface area contributed by atoms with Gasteiger partial charge in [0.1, 0.15) is 0 Å². The van der Waals surface area contributed by atoms with Crippen molar-refractivity contribution in [2.45, 2.75) is 26.1 Å². The number of hydrogen-bond acceptors (Lipinski definition) is 5. The first-order valence-corrected chi connectivity index (χ1v) is 7.46. The maximum absolute atomic E-state index is 12.1. The number of aromatic nitrogens is 1. The zero-order chi connectivity index (χ0) is 15.4. The Hall–Kier alpha value is -1.47. The van der Waals surface area contributed by atoms with Gasteiger partial charge in [-0.05, 0) is 35.8 Å². The number of halogens is 1. The predicted molar refractivity (Wildman–Crippen MR) is 78.8 cm³/mol. The minimum Gasteiger partial charge on any atom is -0.452 e. The third-order valence-electron chi connectivity index (χ3n) is 3.04. The smallest absolute Gasteiger partial charge is 0.340 e. The highest BCUT2D eigenvalue weighted by Crippen LogP contribution is 2.12. The van der Waals surface area contributed by atoms with Crippen LogP contribution in [0.1, 0.15) is 24.2 Å². The van der Waals surface area contributed by atoms with Gasteiger partial charge in [-0.1, -0.05) is 0 Å². The van der Waals surface area contributed by atoms with E-state index in [1.807, 2.05) is 13.8 Å². The Morgan fingerprint density at radius 2 is 2.05 bits per heavy atom. The second kappa shape index (κ2) is 7.00. The van der Waals surface area contributed by atoms with E-state index in [2.05, 4.69) is 20.9 Å². The lowest BCUT2D eigenvalue weighted by Gasteiger charge is -2.35. The van der Waals surface area contributed by atoms with Crippen molar-refractivity contribution in [3.8, 4) is 0 Å². The van der Waals surface area contributed by atoms with Gasteiger partial charge in [0.05, 0.1) is 17.8 Å². The number of nitrogens with zero attached hydrogens (tertiary/aromatic N) is 2. The molecule has 1 amide bonds. The maximum Gasteiger partial charge on any atom is 0.340 e. The second-order valence-electron chi connectivity index (χ2n) is 5.02. The lowest BCUT2D eigenvalue weighted by Crippen LogP contribution is -2.49. The molecule has 1 aromatic rings. The van der Waals surface area contributed by atoms with Crippen molar-refractivity contribution in [1.29, 1.82) is 0 Å². The van der Waals surface area contributed by atoms with E-state index in [0.29, 0.717) is 23.1 Å². The van der Waals surface area contributed by atoms with Crippen LogP contribution in [0.4, 0.5) is 0 Å². The summed E-state index contributed by atoms with van der Waals surface area (Å²) in [7, 11) is 0. The summed E-state index contributed by atoms with van der Waals surface area (Å²) < 4.78 is 11.3. The summed E-state index contributed by atoms with van der Waals surface area (Å²) in [5.41, 5.74) is 0.306. The molecule has 1 saturated heterocycles. The molecule has 0 unspecified atom stereocenters. The van der Waals surface area contributed by atoms with E-state index in [4.69, 9.17) is 9.47 Å². The first kappa shape index (κ1) is 15.9. The molecule has 1 fully saturated rings. The van der Waals surface area contributed by atoms with Crippen LogP contribution in [0.3, 0.4) is 0 Å². The Morgan fingerprint density at radius 1 is 1.38 bits per heavy atom. The molecule has 2 atom stereocenters. The van der Waals surface area contributed by atoms with Gasteiger partial charge >= 0.3 is 5.97 Å². The van der Waals surface area contributed by atoms with E-state index in [1.165, 1.54) is 6.20 Å². The molecule has 7 heteroatoms. The number of carbonyl (C=O) groups excluding carboxylic acids is 2. The van der Waals surface area contributed by atoms with Crippen LogP contribution in [-0.2, 0) is 14.3 Å². The van der Waals surface area contributed by atoms with Gasteiger partial charge < -0.3 is 14.4 Å². The van der Waals surface area contributed by atoms with E-state index in [1.54, 1.807) is 17.2 Å². The molecular formula is C14H17BrN2O4. The van der Waals surface area contributed by atoms with E-state index < -0.39 is 5.97 Å². The summed E-state index contributed by atoms with van der Waals surface area (Å²) in [6, 6.07) is 1.60. The minimum atomic E-state index is -0.563. The molecule has 0 aliphatic carbocycles. The van der Waals surface area contributed by atoms with Gasteiger partial charge in [0.25, 0.3) is 5.91 Å². The van der Waals surface area contributed by atoms with Crippen molar-refractivity contribution in [2.24, 2.45) is 0 Å². The summed E-state index contributed by atoms with van der Waals surface area (Å²) in [6.45, 7) is 4.58. The summed E-state index contributed by atoms with van der Waals surface area (Å²) in [5, 5.41) is 0. The standard InChI is InChI=1S/C14H17BrN2O4/c1-9-6-17(7-10(2)21-9)13(18)8-20-14(19)11-3-12(15)5-16-4-11/h3-5,9-10H,6-8H2,1-2H3/t9-,10+. The van der Waals surface area contributed by atoms with E-state index in [-0.39, 0.29) is 24.7 Å². The summed E-state index contributed by atoms with van der Waals surface area (Å²) >= 11 is 3.23. The Bertz CT molecular complexity index is 527. The minimum absolute atomic E-state index is 0.0114. The predicted octanol–water partition coefficient (Wildman–Crippen LogP) is 1.64. The number of rotatable bonds is 3. The van der Waals surface area contributed by atoms with Crippen LogP contribution in [0, 0.1) is 0 Å². The van der Waals surface area contributed by atoms with Crippen LogP contribution in [0.5, 0.6) is 0 Å². The fraction of sp³-hybridized carbons (Fsp3) is 0.500. The van der Waals surface area contributed by atoms with Gasteiger partial charge in [-0.25, -0.2) is 4.79 Å². The average Bonchev–Trinajstić information content (AvgIpc) is 2.43. The first-order chi connectivity index (χ1) is 9.95. The van der Waals surface area contributed by atoms with Crippen LogP contribution in [0.15, 0.2) is 22.9 Å². The molecule has 0 spiro atoms. The molecule has 1 aliphatic rings. The highest BCUT2D eigenvalue weighted by atomic mass is 79.9. The molecule has 0 radical (unpaired) electrons. The zero-order valence-electron chi connectivity index (χ0n) is 11.9. The third-order valence-corrected chi connectivity index (χ3v) is 3.47. The van der Waals surface area contributed by atoms with Crippen molar-refractivity contribution >= 4 is 27.8 Å². The van der Waals surface area contributed by atoms with E-state index in [0.717, 1.165) is 0 Å². The largest absolute Gasteiger partial charge is 0.452 e. The Morgan fingerprint density at radius 3 is 2.67 bits per heavy atom. The van der Waals surface area contributed by atoms with E-state index >= 15 is 0 Å². The maximum atomic E-state index is 12.1. The van der Waals surface area contributed by atoms with Gasteiger partial charge in [-0.2, -0.15) is 0 Å². The SMILES string of the molecule is C[C@@H]1CN(C(=O)COC(=O)c2cncc(Br)c2)C[C@H](C)O1. The molecule has 2 heterocycles. The van der Waals surface area contributed by atoms with Gasteiger partial charge in [-0.3, -0.25) is 9.78 Å². The van der Waals surface area contributed by atoms with Gasteiger partial charge in [0.2, 0.25) is 0 Å². The molecular weight excluding hydrogens is 340 g/mol. The van der Waals surface area contributed by atoms with Crippen molar-refractivity contribution in [3.05, 3.63) is 28.5 Å². The number of carbonyl (C=O) groups is 2. The fourth-order valence-electron chi connectivity index (χ4n) is 2.21. The second-order valence-corrected chi connectivity index (χ2v) is 5.94. The summed E-state index contributed by atoms with van der Waals surface area (Å²) in [6.07, 6.45) is 2.94. The molecule has 0 saturated carbocycles. The van der Waals surface area contributed by atoms with Gasteiger partial charge in [0.15, 0.2) is 6.61 Å². The van der Waals surface area contributed by atoms with E-state index in [9.17, 15) is 9.59 Å². The average molecular weight is 357 g/mol. The molecule has 0 N–H and O–H groups in total. The Balaban J connectivity index is 1.87. The summed E-state index contributed by atoms with van der Waals surface area (Å²) in [4.78, 5) is 29.4. The van der Waals surface area contributed by atoms with Crippen LogP contribution < -0.4 is 0 Å². The number of morpholine rings is 1. The normalized spacial score (nSPS) is 22.0. The number of amides is 1. The van der Waals surface area contributed by atoms with Crippen LogP contribution in [-0.4, -0.2) is 53.7 Å². The van der Waals surface area contributed by atoms with Crippen molar-refractivity contribution in [1.82, 2.24) is 9.88 Å². The number of esters is 1. The zero-order valence-corrected chi connectivity index (χ0v) is 13.5. The fourth-order valence-corrected chi connectivity index (χ4v) is 2.57. The molecule has 114 valence electrons. The molecule has 21 heavy (non-hydrogen) atoms. The van der Waals surface area contributed by atoms with Gasteiger partial charge in [-0.15, -0.1) is 0 Å². The Labute approximate surface area is 131 Å². The molecule has 2 rings (SSSR count). The van der Waals surface area contributed by atoms with Gasteiger partial charge in [0, 0.05) is 30.0 Å². The number of hydrogen-bond donors (Lipinski definition) is 0. The quantitative estimate of drug-likeness (QED) is 0.770. The molecule has 1 aromatic heterocycles. The highest BCUT2D eigenvalue weighted by molar-refractivity contribution is 9.10. The monoisotopic (exact) mass is 356 g/mol. The van der Waals surface area contributed by atoms with Crippen molar-refractivity contribution in [2.75, 3.05) is 19.7 Å². The lowest BCUT2D eigenvalue weighted by molar-refractivity contribution is -0.146. The lowest BCUT2D eigenvalue weighted by atomic mass is 10.2. The van der Waals surface area contributed by atoms with Crippen molar-refractivity contribution < 1.29 is 19.1 Å². The molecule has 1 aliphatic heterocycles.